The number of ether oxygens (including phenoxy) is 4. The summed E-state index contributed by atoms with van der Waals surface area (Å²) in [4.78, 5) is 2.59. The molecule has 7 aliphatic rings. The summed E-state index contributed by atoms with van der Waals surface area (Å²) in [6.07, 6.45) is 2.51. The van der Waals surface area contributed by atoms with Gasteiger partial charge in [0, 0.05) is 50.4 Å². The number of likely N-dealkylation sites (tertiary alicyclic amines) is 1. The van der Waals surface area contributed by atoms with E-state index in [1.54, 1.807) is 7.11 Å². The molecule has 0 aromatic carbocycles. The van der Waals surface area contributed by atoms with Gasteiger partial charge >= 0.3 is 0 Å². The number of piperidine rings is 1. The average molecular weight is 436 g/mol. The Kier molecular flexibility index (Phi) is 3.80. The van der Waals surface area contributed by atoms with Crippen LogP contribution < -0.4 is 0 Å². The van der Waals surface area contributed by atoms with Crippen LogP contribution in [0.25, 0.3) is 0 Å². The molecule has 0 aromatic heterocycles. The van der Waals surface area contributed by atoms with E-state index in [0.717, 1.165) is 32.4 Å². The minimum Gasteiger partial charge on any atom is -0.392 e. The molecular formula is C24H37NO6. The molecule has 3 spiro atoms. The lowest BCUT2D eigenvalue weighted by Crippen LogP contribution is -2.80. The van der Waals surface area contributed by atoms with Gasteiger partial charge in [-0.2, -0.15) is 0 Å². The number of methoxy groups -OCH3 is 2. The van der Waals surface area contributed by atoms with E-state index in [9.17, 15) is 10.2 Å². The average Bonchev–Trinajstić information content (AvgIpc) is 3.30. The molecule has 174 valence electrons. The van der Waals surface area contributed by atoms with Crippen molar-refractivity contribution in [1.29, 1.82) is 0 Å². The molecule has 7 fully saturated rings. The molecule has 5 aliphatic carbocycles. The molecule has 1 unspecified atom stereocenters. The largest absolute Gasteiger partial charge is 0.392 e. The first-order valence-corrected chi connectivity index (χ1v) is 12.3. The monoisotopic (exact) mass is 435 g/mol. The quantitative estimate of drug-likeness (QED) is 0.685. The molecule has 0 amide bonds. The van der Waals surface area contributed by atoms with Crippen LogP contribution in [0.5, 0.6) is 0 Å². The summed E-state index contributed by atoms with van der Waals surface area (Å²) in [6.45, 7) is 6.68. The van der Waals surface area contributed by atoms with E-state index < -0.39 is 23.4 Å². The normalized spacial score (nSPS) is 65.8. The van der Waals surface area contributed by atoms with Crippen molar-refractivity contribution in [3.05, 3.63) is 0 Å². The van der Waals surface area contributed by atoms with Crippen LogP contribution in [-0.4, -0.2) is 90.9 Å². The standard InChI is InChI=1S/C24H37NO6/c1-5-25-10-21(2)7-6-15(29-4)23-13-8-12-14(28-3)9-22(16(13)17(12)26)24(20(23)25,31-11-30-22)19(27)18(21)23/h12-20,26-27H,5-11H2,1-4H3/t12-,13-,14+,15+,16-,17+,18-,19+,20?,21+,22-,23+,24-/m1/s1. The molecule has 7 bridgehead atoms. The van der Waals surface area contributed by atoms with Gasteiger partial charge in [-0.15, -0.1) is 0 Å². The van der Waals surface area contributed by atoms with Gasteiger partial charge in [-0.3, -0.25) is 4.90 Å². The lowest BCUT2D eigenvalue weighted by Gasteiger charge is -2.69. The van der Waals surface area contributed by atoms with E-state index in [0.29, 0.717) is 6.42 Å². The van der Waals surface area contributed by atoms with Gasteiger partial charge in [0.05, 0.1) is 30.5 Å². The van der Waals surface area contributed by atoms with Gasteiger partial charge in [-0.25, -0.2) is 0 Å². The van der Waals surface area contributed by atoms with Crippen LogP contribution in [0.1, 0.15) is 39.5 Å². The van der Waals surface area contributed by atoms with Crippen LogP contribution in [0.15, 0.2) is 0 Å². The van der Waals surface area contributed by atoms with Gasteiger partial charge in [-0.05, 0) is 37.1 Å². The van der Waals surface area contributed by atoms with Gasteiger partial charge in [0.25, 0.3) is 0 Å². The number of aliphatic hydroxyl groups is 2. The molecule has 2 saturated heterocycles. The number of hydrogen-bond donors (Lipinski definition) is 2. The van der Waals surface area contributed by atoms with Crippen LogP contribution in [-0.2, 0) is 18.9 Å². The summed E-state index contributed by atoms with van der Waals surface area (Å²) >= 11 is 0. The third-order valence-corrected chi connectivity index (χ3v) is 11.6. The Labute approximate surface area is 184 Å². The Balaban J connectivity index is 1.57. The van der Waals surface area contributed by atoms with Crippen molar-refractivity contribution >= 4 is 0 Å². The van der Waals surface area contributed by atoms with Gasteiger partial charge in [0.1, 0.15) is 18.0 Å². The van der Waals surface area contributed by atoms with E-state index in [1.807, 2.05) is 7.11 Å². The highest BCUT2D eigenvalue weighted by atomic mass is 16.7. The maximum Gasteiger partial charge on any atom is 0.148 e. The molecule has 7 heteroatoms. The predicted molar refractivity (Wildman–Crippen MR) is 110 cm³/mol. The highest BCUT2D eigenvalue weighted by Gasteiger charge is 2.93. The van der Waals surface area contributed by atoms with E-state index in [4.69, 9.17) is 18.9 Å². The molecule has 2 heterocycles. The second-order valence-corrected chi connectivity index (χ2v) is 11.9. The van der Waals surface area contributed by atoms with Crippen LogP contribution in [0.3, 0.4) is 0 Å². The number of hydrogen-bond acceptors (Lipinski definition) is 7. The molecule has 13 atom stereocenters. The number of fused-ring (bicyclic) bond motifs is 1. The van der Waals surface area contributed by atoms with Gasteiger partial charge in [-0.1, -0.05) is 13.8 Å². The molecule has 0 aromatic rings. The molecule has 0 radical (unpaired) electrons. The zero-order valence-electron chi connectivity index (χ0n) is 19.1. The fourth-order valence-corrected chi connectivity index (χ4v) is 11.2. The van der Waals surface area contributed by atoms with Crippen molar-refractivity contribution in [1.82, 2.24) is 4.90 Å². The number of likely N-dealkylation sites (N-methyl/N-ethyl adjacent to an activating group) is 1. The Bertz CT molecular complexity index is 811. The summed E-state index contributed by atoms with van der Waals surface area (Å²) in [7, 11) is 3.59. The van der Waals surface area contributed by atoms with Crippen LogP contribution in [0.2, 0.25) is 0 Å². The molecule has 2 aliphatic heterocycles. The number of nitrogens with zero attached hydrogens (tertiary/aromatic N) is 1. The lowest BCUT2D eigenvalue weighted by molar-refractivity contribution is -0.281. The second-order valence-electron chi connectivity index (χ2n) is 11.9. The Hall–Kier alpha value is -0.280. The van der Waals surface area contributed by atoms with Crippen molar-refractivity contribution in [3.8, 4) is 0 Å². The minimum absolute atomic E-state index is 0.0000689. The maximum atomic E-state index is 12.3. The Morgan fingerprint density at radius 3 is 2.68 bits per heavy atom. The van der Waals surface area contributed by atoms with E-state index in [2.05, 4.69) is 18.7 Å². The first-order valence-electron chi connectivity index (χ1n) is 12.3. The highest BCUT2D eigenvalue weighted by Crippen LogP contribution is 2.82. The summed E-state index contributed by atoms with van der Waals surface area (Å²) in [5, 5.41) is 24.0. The number of aliphatic hydroxyl groups excluding tert-OH is 2. The fourth-order valence-electron chi connectivity index (χ4n) is 11.2. The summed E-state index contributed by atoms with van der Waals surface area (Å²) < 4.78 is 25.5. The second kappa shape index (κ2) is 5.85. The highest BCUT2D eigenvalue weighted by molar-refractivity contribution is 5.42. The predicted octanol–water partition coefficient (Wildman–Crippen LogP) is 1.01. The van der Waals surface area contributed by atoms with E-state index >= 15 is 0 Å². The fraction of sp³-hybridized carbons (Fsp3) is 1.00. The topological polar surface area (TPSA) is 80.6 Å². The molecule has 2 N–H and O–H groups in total. The zero-order chi connectivity index (χ0) is 21.6. The smallest absolute Gasteiger partial charge is 0.148 e. The van der Waals surface area contributed by atoms with E-state index in [1.165, 1.54) is 0 Å². The molecular weight excluding hydrogens is 398 g/mol. The molecule has 7 nitrogen and oxygen atoms in total. The van der Waals surface area contributed by atoms with Crippen LogP contribution in [0.4, 0.5) is 0 Å². The zero-order valence-corrected chi connectivity index (χ0v) is 19.1. The summed E-state index contributed by atoms with van der Waals surface area (Å²) in [6, 6.07) is 0.0358. The van der Waals surface area contributed by atoms with Crippen molar-refractivity contribution in [2.75, 3.05) is 34.1 Å². The van der Waals surface area contributed by atoms with Crippen LogP contribution >= 0.6 is 0 Å². The van der Waals surface area contributed by atoms with Crippen molar-refractivity contribution in [3.63, 3.8) is 0 Å². The Morgan fingerprint density at radius 1 is 1.16 bits per heavy atom. The molecule has 7 rings (SSSR count). The van der Waals surface area contributed by atoms with Gasteiger partial charge < -0.3 is 29.2 Å². The van der Waals surface area contributed by atoms with Crippen molar-refractivity contribution in [2.24, 2.45) is 34.5 Å². The van der Waals surface area contributed by atoms with Crippen molar-refractivity contribution < 1.29 is 29.2 Å². The SMILES string of the molecule is CCN1C[C@]2(C)CC[C@H](OC)[C@@]34C1[C@]1(OCO[C@@]15C[C@H](OC)[C@H]1C[C@@H]3[C@@H]5[C@H]1O)[C@@H](O)[C@H]24. The van der Waals surface area contributed by atoms with E-state index in [-0.39, 0.29) is 59.5 Å². The first kappa shape index (κ1) is 20.1. The third kappa shape index (κ3) is 1.74. The van der Waals surface area contributed by atoms with Gasteiger partial charge in [0.15, 0.2) is 0 Å². The minimum atomic E-state index is -0.846. The van der Waals surface area contributed by atoms with Crippen LogP contribution in [0, 0.1) is 34.5 Å². The summed E-state index contributed by atoms with van der Waals surface area (Å²) in [5.41, 5.74) is -1.80. The van der Waals surface area contributed by atoms with Crippen molar-refractivity contribution in [2.45, 2.75) is 81.2 Å². The molecule has 31 heavy (non-hydrogen) atoms. The summed E-state index contributed by atoms with van der Waals surface area (Å²) in [5.74, 6) is 0.388. The Morgan fingerprint density at radius 2 is 1.97 bits per heavy atom. The number of rotatable bonds is 3. The third-order valence-electron chi connectivity index (χ3n) is 11.6. The molecule has 5 saturated carbocycles. The van der Waals surface area contributed by atoms with Gasteiger partial charge in [0.2, 0.25) is 0 Å². The first-order chi connectivity index (χ1) is 14.9. The lowest BCUT2D eigenvalue weighted by atomic mass is 9.43. The maximum absolute atomic E-state index is 12.3.